The van der Waals surface area contributed by atoms with Crippen molar-refractivity contribution in [2.45, 2.75) is 19.8 Å². The van der Waals surface area contributed by atoms with Gasteiger partial charge in [0.2, 0.25) is 0 Å². The molecule has 0 saturated heterocycles. The normalized spacial score (nSPS) is 12.2. The van der Waals surface area contributed by atoms with Crippen LogP contribution in [-0.2, 0) is 4.79 Å². The number of carbonyl (C=O) groups is 2. The lowest BCUT2D eigenvalue weighted by atomic mass is 10.1. The Bertz CT molecular complexity index is 446. The van der Waals surface area contributed by atoms with E-state index in [1.165, 1.54) is 24.3 Å². The van der Waals surface area contributed by atoms with Crippen LogP contribution in [0.15, 0.2) is 24.3 Å². The summed E-state index contributed by atoms with van der Waals surface area (Å²) in [7, 11) is 0. The molecule has 0 aliphatic rings. The van der Waals surface area contributed by atoms with Gasteiger partial charge in [-0.15, -0.1) is 0 Å². The fourth-order valence-electron chi connectivity index (χ4n) is 1.52. The van der Waals surface area contributed by atoms with Crippen molar-refractivity contribution in [2.75, 3.05) is 6.54 Å². The minimum atomic E-state index is -2.56. The predicted molar refractivity (Wildman–Crippen MR) is 65.1 cm³/mol. The molecule has 0 fully saturated rings. The molecule has 104 valence electrons. The number of hydrogen-bond acceptors (Lipinski definition) is 2. The number of benzene rings is 1. The van der Waals surface area contributed by atoms with Crippen LogP contribution in [0.1, 0.15) is 35.7 Å². The molecule has 0 aromatic heterocycles. The molecule has 1 aromatic rings. The van der Waals surface area contributed by atoms with E-state index in [4.69, 9.17) is 5.11 Å². The lowest BCUT2D eigenvalue weighted by Gasteiger charge is -2.10. The summed E-state index contributed by atoms with van der Waals surface area (Å²) in [4.78, 5) is 22.1. The minimum Gasteiger partial charge on any atom is -0.481 e. The monoisotopic (exact) mass is 271 g/mol. The fraction of sp³-hybridized carbons (Fsp3) is 0.385. The zero-order chi connectivity index (χ0) is 14.4. The maximum absolute atomic E-state index is 12.3. The Labute approximate surface area is 109 Å². The summed E-state index contributed by atoms with van der Waals surface area (Å²) in [6, 6.07) is 5.03. The van der Waals surface area contributed by atoms with E-state index in [1.54, 1.807) is 6.92 Å². The van der Waals surface area contributed by atoms with Crippen molar-refractivity contribution in [3.05, 3.63) is 35.4 Å². The minimum absolute atomic E-state index is 0.0371. The van der Waals surface area contributed by atoms with Crippen LogP contribution in [0.2, 0.25) is 0 Å². The van der Waals surface area contributed by atoms with E-state index in [0.717, 1.165) is 0 Å². The smallest absolute Gasteiger partial charge is 0.303 e. The molecule has 0 spiro atoms. The molecule has 0 saturated carbocycles. The number of carboxylic acid groups (broad SMARTS) is 1. The zero-order valence-electron chi connectivity index (χ0n) is 10.4. The molecule has 19 heavy (non-hydrogen) atoms. The second-order valence-corrected chi connectivity index (χ2v) is 4.34. The summed E-state index contributed by atoms with van der Waals surface area (Å²) in [6.45, 7) is 1.93. The van der Waals surface area contributed by atoms with Gasteiger partial charge in [0.1, 0.15) is 0 Å². The Hall–Kier alpha value is -1.98. The first-order chi connectivity index (χ1) is 8.90. The van der Waals surface area contributed by atoms with E-state index in [9.17, 15) is 18.4 Å². The van der Waals surface area contributed by atoms with Gasteiger partial charge in [-0.05, 0) is 18.1 Å². The largest absolute Gasteiger partial charge is 0.481 e. The number of halogens is 2. The Morgan fingerprint density at radius 1 is 1.26 bits per heavy atom. The van der Waals surface area contributed by atoms with Crippen molar-refractivity contribution >= 4 is 11.9 Å². The van der Waals surface area contributed by atoms with Crippen molar-refractivity contribution < 1.29 is 23.5 Å². The van der Waals surface area contributed by atoms with Gasteiger partial charge >= 0.3 is 5.97 Å². The lowest BCUT2D eigenvalue weighted by Crippen LogP contribution is -2.29. The third-order valence-electron chi connectivity index (χ3n) is 2.56. The Morgan fingerprint density at radius 3 is 2.32 bits per heavy atom. The van der Waals surface area contributed by atoms with Gasteiger partial charge in [0.25, 0.3) is 12.3 Å². The van der Waals surface area contributed by atoms with Crippen LogP contribution in [0.4, 0.5) is 8.78 Å². The van der Waals surface area contributed by atoms with Crippen LogP contribution >= 0.6 is 0 Å². The molecule has 1 unspecified atom stereocenters. The highest BCUT2D eigenvalue weighted by Crippen LogP contribution is 2.18. The van der Waals surface area contributed by atoms with Crippen molar-refractivity contribution in [2.24, 2.45) is 5.92 Å². The standard InChI is InChI=1S/C13H15F2NO3/c1-8(6-11(17)18)7-16-13(19)10-4-2-9(3-5-10)12(14)15/h2-5,8,12H,6-7H2,1H3,(H,16,19)(H,17,18). The molecule has 1 atom stereocenters. The van der Waals surface area contributed by atoms with E-state index in [2.05, 4.69) is 5.32 Å². The second-order valence-electron chi connectivity index (χ2n) is 4.34. The molecule has 1 amide bonds. The van der Waals surface area contributed by atoms with E-state index in [1.807, 2.05) is 0 Å². The summed E-state index contributed by atoms with van der Waals surface area (Å²) in [5.41, 5.74) is 0.128. The molecule has 0 aliphatic heterocycles. The SMILES string of the molecule is CC(CNC(=O)c1ccc(C(F)F)cc1)CC(=O)O. The first-order valence-electron chi connectivity index (χ1n) is 5.78. The van der Waals surface area contributed by atoms with Gasteiger partial charge in [-0.1, -0.05) is 19.1 Å². The molecule has 0 heterocycles. The molecule has 0 radical (unpaired) electrons. The topological polar surface area (TPSA) is 66.4 Å². The van der Waals surface area contributed by atoms with Crippen LogP contribution in [0.5, 0.6) is 0 Å². The molecule has 1 aromatic carbocycles. The number of alkyl halides is 2. The number of hydrogen-bond donors (Lipinski definition) is 2. The third kappa shape index (κ3) is 5.03. The number of carbonyl (C=O) groups excluding carboxylic acids is 1. The van der Waals surface area contributed by atoms with Gasteiger partial charge in [-0.3, -0.25) is 9.59 Å². The molecule has 4 nitrogen and oxygen atoms in total. The van der Waals surface area contributed by atoms with Gasteiger partial charge in [0.05, 0.1) is 0 Å². The van der Waals surface area contributed by atoms with Gasteiger partial charge < -0.3 is 10.4 Å². The number of amides is 1. The number of carboxylic acids is 1. The van der Waals surface area contributed by atoms with E-state index >= 15 is 0 Å². The average molecular weight is 271 g/mol. The molecule has 2 N–H and O–H groups in total. The molecular formula is C13H15F2NO3. The number of aliphatic carboxylic acids is 1. The predicted octanol–water partition coefficient (Wildman–Crippen LogP) is 2.46. The van der Waals surface area contributed by atoms with Gasteiger partial charge in [-0.2, -0.15) is 0 Å². The van der Waals surface area contributed by atoms with Crippen molar-refractivity contribution in [1.29, 1.82) is 0 Å². The zero-order valence-corrected chi connectivity index (χ0v) is 10.4. The van der Waals surface area contributed by atoms with Crippen molar-refractivity contribution in [1.82, 2.24) is 5.32 Å². The molecule has 0 bridgehead atoms. The Kier molecular flexibility index (Phi) is 5.41. The average Bonchev–Trinajstić information content (AvgIpc) is 2.35. The second kappa shape index (κ2) is 6.82. The lowest BCUT2D eigenvalue weighted by molar-refractivity contribution is -0.137. The third-order valence-corrected chi connectivity index (χ3v) is 2.56. The summed E-state index contributed by atoms with van der Waals surface area (Å²) in [5, 5.41) is 11.1. The van der Waals surface area contributed by atoms with Gasteiger partial charge in [-0.25, -0.2) is 8.78 Å². The molecular weight excluding hydrogens is 256 g/mol. The van der Waals surface area contributed by atoms with Crippen LogP contribution < -0.4 is 5.32 Å². The van der Waals surface area contributed by atoms with Crippen LogP contribution in [-0.4, -0.2) is 23.5 Å². The maximum atomic E-state index is 12.3. The van der Waals surface area contributed by atoms with E-state index < -0.39 is 18.3 Å². The number of rotatable bonds is 6. The quantitative estimate of drug-likeness (QED) is 0.835. The van der Waals surface area contributed by atoms with Crippen LogP contribution in [0.25, 0.3) is 0 Å². The number of nitrogens with one attached hydrogen (secondary N) is 1. The fourth-order valence-corrected chi connectivity index (χ4v) is 1.52. The molecule has 1 rings (SSSR count). The van der Waals surface area contributed by atoms with E-state index in [0.29, 0.717) is 0 Å². The summed E-state index contributed by atoms with van der Waals surface area (Å²) >= 11 is 0. The molecule has 0 aliphatic carbocycles. The summed E-state index contributed by atoms with van der Waals surface area (Å²) in [5.74, 6) is -1.53. The first kappa shape index (κ1) is 15.1. The van der Waals surface area contributed by atoms with Crippen molar-refractivity contribution in [3.8, 4) is 0 Å². The molecule has 6 heteroatoms. The van der Waals surface area contributed by atoms with Gasteiger partial charge in [0.15, 0.2) is 0 Å². The highest BCUT2D eigenvalue weighted by molar-refractivity contribution is 5.94. The van der Waals surface area contributed by atoms with Crippen molar-refractivity contribution in [3.63, 3.8) is 0 Å². The highest BCUT2D eigenvalue weighted by Gasteiger charge is 2.12. The van der Waals surface area contributed by atoms with Crippen LogP contribution in [0.3, 0.4) is 0 Å². The van der Waals surface area contributed by atoms with E-state index in [-0.39, 0.29) is 30.0 Å². The maximum Gasteiger partial charge on any atom is 0.303 e. The summed E-state index contributed by atoms with van der Waals surface area (Å²) < 4.78 is 24.6. The highest BCUT2D eigenvalue weighted by atomic mass is 19.3. The Balaban J connectivity index is 2.51. The summed E-state index contributed by atoms with van der Waals surface area (Å²) in [6.07, 6.45) is -2.60. The van der Waals surface area contributed by atoms with Gasteiger partial charge in [0, 0.05) is 24.1 Å². The van der Waals surface area contributed by atoms with Crippen LogP contribution in [0, 0.1) is 5.92 Å². The Morgan fingerprint density at radius 2 is 1.84 bits per heavy atom. The first-order valence-corrected chi connectivity index (χ1v) is 5.78.